The number of rotatable bonds is 6. The lowest BCUT2D eigenvalue weighted by molar-refractivity contribution is 0.183. The van der Waals surface area contributed by atoms with Gasteiger partial charge < -0.3 is 9.84 Å². The van der Waals surface area contributed by atoms with Crippen molar-refractivity contribution >= 4 is 0 Å². The second-order valence-electron chi connectivity index (χ2n) is 6.37. The van der Waals surface area contributed by atoms with E-state index in [-0.39, 0.29) is 5.75 Å². The molecule has 24 heavy (non-hydrogen) atoms. The molecule has 1 aliphatic rings. The van der Waals surface area contributed by atoms with Crippen LogP contribution in [0.25, 0.3) is 11.1 Å². The molecule has 0 spiro atoms. The van der Waals surface area contributed by atoms with Gasteiger partial charge in [-0.05, 0) is 67.2 Å². The van der Waals surface area contributed by atoms with Crippen LogP contribution in [0.3, 0.4) is 0 Å². The number of benzene rings is 2. The van der Waals surface area contributed by atoms with Crippen molar-refractivity contribution < 1.29 is 9.84 Å². The Bertz CT molecular complexity index is 645. The quantitative estimate of drug-likeness (QED) is 0.860. The summed E-state index contributed by atoms with van der Waals surface area (Å²) in [5, 5.41) is 9.49. The molecule has 3 nitrogen and oxygen atoms in total. The molecule has 1 fully saturated rings. The first-order valence-corrected chi connectivity index (χ1v) is 8.96. The Balaban J connectivity index is 1.68. The van der Waals surface area contributed by atoms with Gasteiger partial charge in [0.2, 0.25) is 0 Å². The number of aromatic hydroxyl groups is 1. The first-order chi connectivity index (χ1) is 11.8. The van der Waals surface area contributed by atoms with Gasteiger partial charge in [-0.1, -0.05) is 31.5 Å². The van der Waals surface area contributed by atoms with Crippen LogP contribution in [0.1, 0.15) is 31.7 Å². The highest BCUT2D eigenvalue weighted by molar-refractivity contribution is 5.69. The van der Waals surface area contributed by atoms with Crippen molar-refractivity contribution in [1.82, 2.24) is 4.90 Å². The van der Waals surface area contributed by atoms with Crippen molar-refractivity contribution in [3.63, 3.8) is 0 Å². The smallest absolute Gasteiger partial charge is 0.127 e. The number of piperidine rings is 1. The van der Waals surface area contributed by atoms with E-state index in [9.17, 15) is 5.11 Å². The Morgan fingerprint density at radius 2 is 1.79 bits per heavy atom. The molecule has 0 atom stereocenters. The number of aryl methyl sites for hydroxylation is 1. The van der Waals surface area contributed by atoms with E-state index in [1.807, 2.05) is 18.2 Å². The van der Waals surface area contributed by atoms with E-state index in [1.165, 1.54) is 37.9 Å². The lowest BCUT2D eigenvalue weighted by atomic mass is 9.98. The molecule has 2 aromatic rings. The SMILES string of the molecule is CCc1ccc(OCCN2CCCCC2)[c]c1-c1ccc(O)cc1. The number of phenols is 1. The Labute approximate surface area is 144 Å². The second-order valence-corrected chi connectivity index (χ2v) is 6.37. The molecular formula is C21H26NO2. The van der Waals surface area contributed by atoms with Gasteiger partial charge in [-0.15, -0.1) is 0 Å². The highest BCUT2D eigenvalue weighted by atomic mass is 16.5. The first-order valence-electron chi connectivity index (χ1n) is 8.96. The van der Waals surface area contributed by atoms with Crippen molar-refractivity contribution in [1.29, 1.82) is 0 Å². The number of phenolic OH excluding ortho intramolecular Hbond substituents is 1. The van der Waals surface area contributed by atoms with Crippen LogP contribution in [-0.4, -0.2) is 36.2 Å². The molecule has 1 N–H and O–H groups in total. The van der Waals surface area contributed by atoms with Gasteiger partial charge in [0.1, 0.15) is 18.1 Å². The third-order valence-corrected chi connectivity index (χ3v) is 4.66. The van der Waals surface area contributed by atoms with E-state index < -0.39 is 0 Å². The van der Waals surface area contributed by atoms with E-state index in [0.29, 0.717) is 6.61 Å². The Morgan fingerprint density at radius 1 is 1.04 bits per heavy atom. The van der Waals surface area contributed by atoms with Crippen LogP contribution in [0.5, 0.6) is 11.5 Å². The number of hydrogen-bond acceptors (Lipinski definition) is 3. The van der Waals surface area contributed by atoms with Gasteiger partial charge in [-0.2, -0.15) is 0 Å². The van der Waals surface area contributed by atoms with Crippen LogP contribution < -0.4 is 4.74 Å². The lowest BCUT2D eigenvalue weighted by Crippen LogP contribution is -2.33. The first kappa shape index (κ1) is 16.8. The molecule has 1 heterocycles. The van der Waals surface area contributed by atoms with E-state index in [4.69, 9.17) is 4.74 Å². The highest BCUT2D eigenvalue weighted by Gasteiger charge is 2.11. The van der Waals surface area contributed by atoms with Gasteiger partial charge >= 0.3 is 0 Å². The summed E-state index contributed by atoms with van der Waals surface area (Å²) in [6.07, 6.45) is 4.92. The summed E-state index contributed by atoms with van der Waals surface area (Å²) in [5.41, 5.74) is 3.36. The fourth-order valence-corrected chi connectivity index (χ4v) is 3.24. The molecular weight excluding hydrogens is 298 g/mol. The minimum Gasteiger partial charge on any atom is -0.508 e. The number of ether oxygens (including phenoxy) is 1. The monoisotopic (exact) mass is 324 g/mol. The summed E-state index contributed by atoms with van der Waals surface area (Å²) >= 11 is 0. The number of nitrogens with zero attached hydrogens (tertiary/aromatic N) is 1. The number of likely N-dealkylation sites (tertiary alicyclic amines) is 1. The average Bonchev–Trinajstić information content (AvgIpc) is 2.63. The minimum absolute atomic E-state index is 0.283. The van der Waals surface area contributed by atoms with Crippen molar-refractivity contribution in [2.75, 3.05) is 26.2 Å². The van der Waals surface area contributed by atoms with Crippen molar-refractivity contribution in [3.8, 4) is 22.6 Å². The standard InChI is InChI=1S/C21H26NO2/c1-2-17-8-11-20(24-15-14-22-12-4-3-5-13-22)16-21(17)18-6-9-19(23)10-7-18/h6-11,23H,2-5,12-15H2,1H3. The molecule has 0 saturated carbocycles. The van der Waals surface area contributed by atoms with Gasteiger partial charge in [0.05, 0.1) is 0 Å². The maximum absolute atomic E-state index is 9.49. The summed E-state index contributed by atoms with van der Waals surface area (Å²) in [4.78, 5) is 2.48. The van der Waals surface area contributed by atoms with E-state index >= 15 is 0 Å². The molecule has 1 aliphatic heterocycles. The van der Waals surface area contributed by atoms with Crippen LogP contribution in [0.15, 0.2) is 36.4 Å². The molecule has 127 valence electrons. The molecule has 3 rings (SSSR count). The molecule has 0 bridgehead atoms. The molecule has 0 aliphatic carbocycles. The largest absolute Gasteiger partial charge is 0.508 e. The van der Waals surface area contributed by atoms with Gasteiger partial charge in [0.25, 0.3) is 0 Å². The Morgan fingerprint density at radius 3 is 2.50 bits per heavy atom. The molecule has 2 aromatic carbocycles. The topological polar surface area (TPSA) is 32.7 Å². The maximum Gasteiger partial charge on any atom is 0.127 e. The fourth-order valence-electron chi connectivity index (χ4n) is 3.24. The maximum atomic E-state index is 9.49. The van der Waals surface area contributed by atoms with Crippen molar-refractivity contribution in [2.45, 2.75) is 32.6 Å². The zero-order chi connectivity index (χ0) is 16.8. The molecule has 0 amide bonds. The fraction of sp³-hybridized carbons (Fsp3) is 0.429. The van der Waals surface area contributed by atoms with Crippen LogP contribution >= 0.6 is 0 Å². The second kappa shape index (κ2) is 8.20. The predicted octanol–water partition coefficient (Wildman–Crippen LogP) is 4.29. The van der Waals surface area contributed by atoms with Gasteiger partial charge in [0.15, 0.2) is 0 Å². The molecule has 0 aromatic heterocycles. The van der Waals surface area contributed by atoms with Crippen LogP contribution in [0.2, 0.25) is 0 Å². The van der Waals surface area contributed by atoms with E-state index in [1.54, 1.807) is 12.1 Å². The molecule has 1 saturated heterocycles. The highest BCUT2D eigenvalue weighted by Crippen LogP contribution is 2.29. The van der Waals surface area contributed by atoms with Crippen LogP contribution in [0.4, 0.5) is 0 Å². The number of hydrogen-bond donors (Lipinski definition) is 1. The summed E-state index contributed by atoms with van der Waals surface area (Å²) in [6, 6.07) is 14.8. The predicted molar refractivity (Wildman–Crippen MR) is 97.5 cm³/mol. The van der Waals surface area contributed by atoms with Gasteiger partial charge in [0, 0.05) is 12.6 Å². The van der Waals surface area contributed by atoms with E-state index in [0.717, 1.165) is 29.8 Å². The van der Waals surface area contributed by atoms with Crippen LogP contribution in [-0.2, 0) is 6.42 Å². The normalized spacial score (nSPS) is 15.4. The molecule has 0 unspecified atom stereocenters. The summed E-state index contributed by atoms with van der Waals surface area (Å²) in [6.45, 7) is 6.22. The third-order valence-electron chi connectivity index (χ3n) is 4.66. The van der Waals surface area contributed by atoms with Crippen molar-refractivity contribution in [3.05, 3.63) is 48.0 Å². The minimum atomic E-state index is 0.283. The summed E-state index contributed by atoms with van der Waals surface area (Å²) in [5.74, 6) is 1.08. The Hall–Kier alpha value is -2.00. The lowest BCUT2D eigenvalue weighted by Gasteiger charge is -2.26. The average molecular weight is 324 g/mol. The molecule has 1 radical (unpaired) electrons. The molecule has 3 heteroatoms. The Kier molecular flexibility index (Phi) is 5.76. The zero-order valence-corrected chi connectivity index (χ0v) is 14.4. The van der Waals surface area contributed by atoms with Crippen LogP contribution in [0, 0.1) is 6.07 Å². The van der Waals surface area contributed by atoms with E-state index in [2.05, 4.69) is 24.0 Å². The van der Waals surface area contributed by atoms with Gasteiger partial charge in [-0.25, -0.2) is 0 Å². The summed E-state index contributed by atoms with van der Waals surface area (Å²) in [7, 11) is 0. The van der Waals surface area contributed by atoms with Gasteiger partial charge in [-0.3, -0.25) is 4.90 Å². The third kappa shape index (κ3) is 4.30. The van der Waals surface area contributed by atoms with Crippen molar-refractivity contribution in [2.24, 2.45) is 0 Å². The summed E-state index contributed by atoms with van der Waals surface area (Å²) < 4.78 is 5.95. The zero-order valence-electron chi connectivity index (χ0n) is 14.4.